The highest BCUT2D eigenvalue weighted by Crippen LogP contribution is 2.22. The number of nitrogens with zero attached hydrogens (tertiary/aromatic N) is 3. The number of anilines is 3. The topological polar surface area (TPSA) is 79.8 Å². The lowest BCUT2D eigenvalue weighted by atomic mass is 10.2. The van der Waals surface area contributed by atoms with Crippen LogP contribution in [0.5, 0.6) is 0 Å². The molecule has 0 saturated heterocycles. The number of halogens is 2. The highest BCUT2D eigenvalue weighted by Gasteiger charge is 2.13. The van der Waals surface area contributed by atoms with E-state index < -0.39 is 17.5 Å². The number of rotatable bonds is 4. The van der Waals surface area contributed by atoms with E-state index in [2.05, 4.69) is 25.6 Å². The van der Waals surface area contributed by atoms with E-state index in [9.17, 15) is 13.6 Å². The number of benzene rings is 2. The second kappa shape index (κ2) is 7.59. The molecule has 8 heteroatoms. The molecule has 0 aliphatic rings. The summed E-state index contributed by atoms with van der Waals surface area (Å²) in [4.78, 5) is 25.4. The van der Waals surface area contributed by atoms with Gasteiger partial charge in [0.1, 0.15) is 5.69 Å². The lowest BCUT2D eigenvalue weighted by Gasteiger charge is -2.10. The SMILES string of the molecule is Cc1cc(C(=O)Nc2cccc3cccnc23)nc(Nc2ccc(F)c(F)c2)n1. The molecule has 0 unspecified atom stereocenters. The lowest BCUT2D eigenvalue weighted by Crippen LogP contribution is -2.16. The normalized spacial score (nSPS) is 10.7. The number of amides is 1. The van der Waals surface area contributed by atoms with Crippen LogP contribution in [-0.4, -0.2) is 20.9 Å². The first kappa shape index (κ1) is 18.4. The molecule has 6 nitrogen and oxygen atoms in total. The number of para-hydroxylation sites is 1. The monoisotopic (exact) mass is 391 g/mol. The van der Waals surface area contributed by atoms with Crippen LogP contribution in [0.1, 0.15) is 16.2 Å². The number of carbonyl (C=O) groups excluding carboxylic acids is 1. The summed E-state index contributed by atoms with van der Waals surface area (Å²) in [5.74, 6) is -2.30. The van der Waals surface area contributed by atoms with Gasteiger partial charge in [0.15, 0.2) is 11.6 Å². The van der Waals surface area contributed by atoms with Gasteiger partial charge in [-0.3, -0.25) is 9.78 Å². The van der Waals surface area contributed by atoms with Gasteiger partial charge in [0.05, 0.1) is 11.2 Å². The predicted molar refractivity (Wildman–Crippen MR) is 106 cm³/mol. The average molecular weight is 391 g/mol. The summed E-state index contributed by atoms with van der Waals surface area (Å²) in [6, 6.07) is 14.1. The minimum Gasteiger partial charge on any atom is -0.324 e. The van der Waals surface area contributed by atoms with Crippen LogP contribution in [0.4, 0.5) is 26.1 Å². The molecule has 2 aromatic heterocycles. The molecule has 2 N–H and O–H groups in total. The molecule has 1 amide bonds. The van der Waals surface area contributed by atoms with E-state index in [1.165, 1.54) is 12.1 Å². The number of carbonyl (C=O) groups is 1. The van der Waals surface area contributed by atoms with Gasteiger partial charge < -0.3 is 10.6 Å². The van der Waals surface area contributed by atoms with Crippen molar-refractivity contribution in [2.24, 2.45) is 0 Å². The van der Waals surface area contributed by atoms with Gasteiger partial charge in [-0.1, -0.05) is 18.2 Å². The molecule has 0 saturated carbocycles. The fraction of sp³-hybridized carbons (Fsp3) is 0.0476. The second-order valence-corrected chi connectivity index (χ2v) is 6.31. The van der Waals surface area contributed by atoms with Crippen molar-refractivity contribution in [2.45, 2.75) is 6.92 Å². The van der Waals surface area contributed by atoms with E-state index in [0.29, 0.717) is 16.9 Å². The van der Waals surface area contributed by atoms with E-state index in [0.717, 1.165) is 17.5 Å². The molecular weight excluding hydrogens is 376 g/mol. The highest BCUT2D eigenvalue weighted by atomic mass is 19.2. The second-order valence-electron chi connectivity index (χ2n) is 6.31. The van der Waals surface area contributed by atoms with Gasteiger partial charge in [-0.2, -0.15) is 0 Å². The molecule has 0 atom stereocenters. The van der Waals surface area contributed by atoms with Crippen LogP contribution in [0, 0.1) is 18.6 Å². The van der Waals surface area contributed by atoms with Crippen molar-refractivity contribution in [1.29, 1.82) is 0 Å². The number of aryl methyl sites for hydroxylation is 1. The Morgan fingerprint density at radius 1 is 0.966 bits per heavy atom. The van der Waals surface area contributed by atoms with Crippen molar-refractivity contribution in [2.75, 3.05) is 10.6 Å². The molecule has 0 fully saturated rings. The molecule has 0 aliphatic heterocycles. The fourth-order valence-electron chi connectivity index (χ4n) is 2.84. The maximum Gasteiger partial charge on any atom is 0.274 e. The van der Waals surface area contributed by atoms with Crippen LogP contribution in [0.25, 0.3) is 10.9 Å². The molecule has 0 aliphatic carbocycles. The Bertz CT molecular complexity index is 1220. The predicted octanol–water partition coefficient (Wildman–Crippen LogP) is 4.61. The summed E-state index contributed by atoms with van der Waals surface area (Å²) in [6.07, 6.45) is 1.65. The van der Waals surface area contributed by atoms with Crippen molar-refractivity contribution < 1.29 is 13.6 Å². The largest absolute Gasteiger partial charge is 0.324 e. The first-order chi connectivity index (χ1) is 14.0. The van der Waals surface area contributed by atoms with Gasteiger partial charge in [-0.25, -0.2) is 18.7 Å². The summed E-state index contributed by atoms with van der Waals surface area (Å²) in [5, 5.41) is 6.48. The van der Waals surface area contributed by atoms with Crippen LogP contribution in [-0.2, 0) is 0 Å². The lowest BCUT2D eigenvalue weighted by molar-refractivity contribution is 0.102. The Morgan fingerprint density at radius 2 is 1.79 bits per heavy atom. The molecule has 0 spiro atoms. The smallest absolute Gasteiger partial charge is 0.274 e. The molecule has 29 heavy (non-hydrogen) atoms. The van der Waals surface area contributed by atoms with Crippen LogP contribution in [0.3, 0.4) is 0 Å². The molecule has 144 valence electrons. The van der Waals surface area contributed by atoms with E-state index in [-0.39, 0.29) is 17.3 Å². The van der Waals surface area contributed by atoms with Gasteiger partial charge in [0.25, 0.3) is 5.91 Å². The third-order valence-electron chi connectivity index (χ3n) is 4.14. The van der Waals surface area contributed by atoms with Crippen LogP contribution >= 0.6 is 0 Å². The van der Waals surface area contributed by atoms with Crippen molar-refractivity contribution >= 4 is 34.1 Å². The summed E-state index contributed by atoms with van der Waals surface area (Å²) < 4.78 is 26.5. The molecule has 0 bridgehead atoms. The third kappa shape index (κ3) is 4.01. The summed E-state index contributed by atoms with van der Waals surface area (Å²) >= 11 is 0. The van der Waals surface area contributed by atoms with Gasteiger partial charge in [-0.15, -0.1) is 0 Å². The van der Waals surface area contributed by atoms with Gasteiger partial charge in [0, 0.05) is 29.0 Å². The Kier molecular flexibility index (Phi) is 4.82. The number of aromatic nitrogens is 3. The van der Waals surface area contributed by atoms with Gasteiger partial charge in [0.2, 0.25) is 5.95 Å². The zero-order chi connectivity index (χ0) is 20.4. The van der Waals surface area contributed by atoms with E-state index in [4.69, 9.17) is 0 Å². The molecule has 2 heterocycles. The van der Waals surface area contributed by atoms with Crippen molar-refractivity contribution in [3.05, 3.63) is 83.8 Å². The average Bonchev–Trinajstić information content (AvgIpc) is 2.70. The maximum absolute atomic E-state index is 13.4. The molecule has 4 aromatic rings. The van der Waals surface area contributed by atoms with Gasteiger partial charge in [-0.05, 0) is 37.3 Å². The first-order valence-electron chi connectivity index (χ1n) is 8.72. The van der Waals surface area contributed by atoms with Gasteiger partial charge >= 0.3 is 0 Å². The zero-order valence-corrected chi connectivity index (χ0v) is 15.3. The van der Waals surface area contributed by atoms with Crippen LogP contribution < -0.4 is 10.6 Å². The minimum absolute atomic E-state index is 0.0946. The van der Waals surface area contributed by atoms with Crippen molar-refractivity contribution in [3.8, 4) is 0 Å². The number of fused-ring (bicyclic) bond motifs is 1. The van der Waals surface area contributed by atoms with E-state index in [1.807, 2.05) is 24.3 Å². The van der Waals surface area contributed by atoms with E-state index >= 15 is 0 Å². The third-order valence-corrected chi connectivity index (χ3v) is 4.14. The number of nitrogens with one attached hydrogen (secondary N) is 2. The molecular formula is C21H15F2N5O. The molecule has 4 rings (SSSR count). The summed E-state index contributed by atoms with van der Waals surface area (Å²) in [5.41, 5.74) is 2.13. The highest BCUT2D eigenvalue weighted by molar-refractivity contribution is 6.07. The first-order valence-corrected chi connectivity index (χ1v) is 8.72. The summed E-state index contributed by atoms with van der Waals surface area (Å²) in [7, 11) is 0. The quantitative estimate of drug-likeness (QED) is 0.531. The number of hydrogen-bond acceptors (Lipinski definition) is 5. The minimum atomic E-state index is -0.996. The fourth-order valence-corrected chi connectivity index (χ4v) is 2.84. The number of hydrogen-bond donors (Lipinski definition) is 2. The number of pyridine rings is 1. The summed E-state index contributed by atoms with van der Waals surface area (Å²) in [6.45, 7) is 1.70. The molecule has 2 aromatic carbocycles. The van der Waals surface area contributed by atoms with Crippen molar-refractivity contribution in [1.82, 2.24) is 15.0 Å². The Balaban J connectivity index is 1.61. The van der Waals surface area contributed by atoms with Crippen LogP contribution in [0.15, 0.2) is 60.8 Å². The Labute approximate surface area is 164 Å². The standard InChI is InChI=1S/C21H15F2N5O/c1-12-10-18(28-21(25-12)26-14-7-8-15(22)16(23)11-14)20(29)27-17-6-2-4-13-5-3-9-24-19(13)17/h2-11H,1H3,(H,27,29)(H,25,26,28). The van der Waals surface area contributed by atoms with E-state index in [1.54, 1.807) is 19.2 Å². The zero-order valence-electron chi connectivity index (χ0n) is 15.3. The van der Waals surface area contributed by atoms with Crippen molar-refractivity contribution in [3.63, 3.8) is 0 Å². The Hall–Kier alpha value is -3.94. The molecule has 0 radical (unpaired) electrons. The van der Waals surface area contributed by atoms with Crippen LogP contribution in [0.2, 0.25) is 0 Å². The maximum atomic E-state index is 13.4. The Morgan fingerprint density at radius 3 is 2.62 bits per heavy atom.